The lowest BCUT2D eigenvalue weighted by Gasteiger charge is -2.26. The van der Waals surface area contributed by atoms with Crippen molar-refractivity contribution in [3.05, 3.63) is 33.4 Å². The van der Waals surface area contributed by atoms with E-state index in [0.717, 1.165) is 45.0 Å². The van der Waals surface area contributed by atoms with E-state index in [9.17, 15) is 10.1 Å². The largest absolute Gasteiger partial charge is 0.379 e. The Morgan fingerprint density at radius 3 is 2.70 bits per heavy atom. The van der Waals surface area contributed by atoms with E-state index >= 15 is 0 Å². The van der Waals surface area contributed by atoms with Crippen LogP contribution in [0.25, 0.3) is 0 Å². The second kappa shape index (κ2) is 8.19. The van der Waals surface area contributed by atoms with Gasteiger partial charge >= 0.3 is 0 Å². The number of nitro benzene ring substituents is 1. The first-order chi connectivity index (χ1) is 11.0. The third kappa shape index (κ3) is 5.12. The zero-order chi connectivity index (χ0) is 16.8. The van der Waals surface area contributed by atoms with E-state index in [-0.39, 0.29) is 10.6 Å². The molecule has 0 amide bonds. The number of thiocarbonyl (C=S) groups is 1. The number of nitrogens with one attached hydrogen (secondary N) is 2. The van der Waals surface area contributed by atoms with Gasteiger partial charge in [0.05, 0.1) is 23.8 Å². The third-order valence-corrected chi connectivity index (χ3v) is 4.05. The van der Waals surface area contributed by atoms with Crippen LogP contribution in [0, 0.1) is 24.0 Å². The van der Waals surface area contributed by atoms with Gasteiger partial charge in [-0.2, -0.15) is 0 Å². The first-order valence-electron chi connectivity index (χ1n) is 7.58. The Labute approximate surface area is 141 Å². The van der Waals surface area contributed by atoms with E-state index in [0.29, 0.717) is 16.4 Å². The summed E-state index contributed by atoms with van der Waals surface area (Å²) in [7, 11) is 0. The fourth-order valence-corrected chi connectivity index (χ4v) is 2.70. The van der Waals surface area contributed by atoms with Crippen LogP contribution in [-0.4, -0.2) is 54.3 Å². The number of anilines is 1. The van der Waals surface area contributed by atoms with Gasteiger partial charge in [-0.25, -0.2) is 0 Å². The molecule has 1 fully saturated rings. The van der Waals surface area contributed by atoms with Crippen molar-refractivity contribution in [2.75, 3.05) is 44.7 Å². The van der Waals surface area contributed by atoms with Gasteiger partial charge in [0.2, 0.25) is 0 Å². The molecule has 0 atom stereocenters. The Morgan fingerprint density at radius 1 is 1.35 bits per heavy atom. The summed E-state index contributed by atoms with van der Waals surface area (Å²) >= 11 is 5.27. The summed E-state index contributed by atoms with van der Waals surface area (Å²) in [6, 6.07) is 3.32. The van der Waals surface area contributed by atoms with Gasteiger partial charge in [0.1, 0.15) is 0 Å². The number of hydrogen-bond acceptors (Lipinski definition) is 5. The number of ether oxygens (including phenoxy) is 1. The maximum Gasteiger partial charge on any atom is 0.274 e. The molecule has 0 bridgehead atoms. The predicted molar refractivity (Wildman–Crippen MR) is 94.1 cm³/mol. The number of rotatable bonds is 5. The monoisotopic (exact) mass is 338 g/mol. The second-order valence-corrected chi connectivity index (χ2v) is 5.95. The van der Waals surface area contributed by atoms with Crippen LogP contribution >= 0.6 is 12.2 Å². The average Bonchev–Trinajstić information content (AvgIpc) is 2.50. The molecule has 1 aliphatic rings. The minimum Gasteiger partial charge on any atom is -0.379 e. The number of morpholine rings is 1. The topological polar surface area (TPSA) is 79.7 Å². The van der Waals surface area contributed by atoms with Crippen LogP contribution in [-0.2, 0) is 4.74 Å². The van der Waals surface area contributed by atoms with Gasteiger partial charge in [0.25, 0.3) is 5.69 Å². The van der Waals surface area contributed by atoms with Crippen LogP contribution in [0.2, 0.25) is 0 Å². The number of aryl methyl sites for hydroxylation is 2. The first kappa shape index (κ1) is 17.6. The molecule has 0 saturated carbocycles. The molecule has 0 aliphatic carbocycles. The lowest BCUT2D eigenvalue weighted by molar-refractivity contribution is -0.385. The van der Waals surface area contributed by atoms with Crippen molar-refractivity contribution >= 4 is 28.7 Å². The molecule has 0 radical (unpaired) electrons. The molecule has 0 aromatic heterocycles. The van der Waals surface area contributed by atoms with Crippen molar-refractivity contribution in [1.29, 1.82) is 0 Å². The summed E-state index contributed by atoms with van der Waals surface area (Å²) < 4.78 is 5.30. The molecule has 0 spiro atoms. The summed E-state index contributed by atoms with van der Waals surface area (Å²) in [6.07, 6.45) is 0. The van der Waals surface area contributed by atoms with Crippen molar-refractivity contribution in [3.63, 3.8) is 0 Å². The normalized spacial score (nSPS) is 15.2. The van der Waals surface area contributed by atoms with Crippen LogP contribution in [0.3, 0.4) is 0 Å². The average molecular weight is 338 g/mol. The molecular weight excluding hydrogens is 316 g/mol. The fraction of sp³-hybridized carbons (Fsp3) is 0.533. The number of benzene rings is 1. The number of hydrogen-bond donors (Lipinski definition) is 2. The van der Waals surface area contributed by atoms with E-state index in [1.165, 1.54) is 6.07 Å². The van der Waals surface area contributed by atoms with Crippen molar-refractivity contribution in [2.24, 2.45) is 0 Å². The van der Waals surface area contributed by atoms with E-state index in [1.54, 1.807) is 13.0 Å². The molecule has 126 valence electrons. The van der Waals surface area contributed by atoms with Crippen molar-refractivity contribution in [1.82, 2.24) is 10.2 Å². The number of nitro groups is 1. The first-order valence-corrected chi connectivity index (χ1v) is 7.99. The maximum absolute atomic E-state index is 11.0. The van der Waals surface area contributed by atoms with Crippen LogP contribution in [0.4, 0.5) is 11.4 Å². The van der Waals surface area contributed by atoms with Gasteiger partial charge in [0, 0.05) is 37.8 Å². The minimum atomic E-state index is -0.380. The van der Waals surface area contributed by atoms with Crippen molar-refractivity contribution in [3.8, 4) is 0 Å². The molecule has 1 aromatic rings. The molecule has 1 heterocycles. The standard InChI is InChI=1S/C15H22N4O3S/c1-11-9-12(2)14(19(20)21)10-13(11)17-15(23)16-3-4-18-5-7-22-8-6-18/h9-10H,3-8H2,1-2H3,(H2,16,17,23). The van der Waals surface area contributed by atoms with Gasteiger partial charge in [-0.1, -0.05) is 0 Å². The Bertz CT molecular complexity index is 588. The zero-order valence-electron chi connectivity index (χ0n) is 13.4. The molecule has 0 unspecified atom stereocenters. The Balaban J connectivity index is 1.87. The second-order valence-electron chi connectivity index (χ2n) is 5.55. The predicted octanol–water partition coefficient (Wildman–Crippen LogP) is 1.83. The molecule has 8 heteroatoms. The lowest BCUT2D eigenvalue weighted by Crippen LogP contribution is -2.42. The van der Waals surface area contributed by atoms with Crippen LogP contribution < -0.4 is 10.6 Å². The third-order valence-electron chi connectivity index (χ3n) is 3.81. The molecule has 1 aliphatic heterocycles. The molecule has 1 saturated heterocycles. The van der Waals surface area contributed by atoms with Crippen molar-refractivity contribution < 1.29 is 9.66 Å². The van der Waals surface area contributed by atoms with Crippen LogP contribution in [0.15, 0.2) is 12.1 Å². The molecule has 1 aromatic carbocycles. The highest BCUT2D eigenvalue weighted by Crippen LogP contribution is 2.26. The highest BCUT2D eigenvalue weighted by atomic mass is 32.1. The summed E-state index contributed by atoms with van der Waals surface area (Å²) in [6.45, 7) is 8.65. The van der Waals surface area contributed by atoms with E-state index in [2.05, 4.69) is 15.5 Å². The summed E-state index contributed by atoms with van der Waals surface area (Å²) in [5.41, 5.74) is 2.31. The van der Waals surface area contributed by atoms with Crippen molar-refractivity contribution in [2.45, 2.75) is 13.8 Å². The Kier molecular flexibility index (Phi) is 6.26. The Hall–Kier alpha value is -1.77. The van der Waals surface area contributed by atoms with E-state index in [1.807, 2.05) is 6.92 Å². The fourth-order valence-electron chi connectivity index (χ4n) is 2.49. The van der Waals surface area contributed by atoms with E-state index in [4.69, 9.17) is 17.0 Å². The quantitative estimate of drug-likeness (QED) is 0.482. The SMILES string of the molecule is Cc1cc(C)c([N+](=O)[O-])cc1NC(=S)NCCN1CCOCC1. The van der Waals surface area contributed by atoms with Crippen LogP contribution in [0.5, 0.6) is 0 Å². The molecule has 7 nitrogen and oxygen atoms in total. The summed E-state index contributed by atoms with van der Waals surface area (Å²) in [5.74, 6) is 0. The maximum atomic E-state index is 11.0. The van der Waals surface area contributed by atoms with Gasteiger partial charge < -0.3 is 15.4 Å². The number of nitrogens with zero attached hydrogens (tertiary/aromatic N) is 2. The molecule has 2 N–H and O–H groups in total. The summed E-state index contributed by atoms with van der Waals surface area (Å²) in [5, 5.41) is 17.7. The Morgan fingerprint density at radius 2 is 2.04 bits per heavy atom. The van der Waals surface area contributed by atoms with E-state index < -0.39 is 0 Å². The minimum absolute atomic E-state index is 0.0919. The van der Waals surface area contributed by atoms with Gasteiger partial charge in [-0.05, 0) is 37.7 Å². The highest BCUT2D eigenvalue weighted by Gasteiger charge is 2.14. The smallest absolute Gasteiger partial charge is 0.274 e. The lowest BCUT2D eigenvalue weighted by atomic mass is 10.1. The highest BCUT2D eigenvalue weighted by molar-refractivity contribution is 7.80. The molecular formula is C15H22N4O3S. The summed E-state index contributed by atoms with van der Waals surface area (Å²) in [4.78, 5) is 13.0. The zero-order valence-corrected chi connectivity index (χ0v) is 14.2. The van der Waals surface area contributed by atoms with Gasteiger partial charge in [0.15, 0.2) is 5.11 Å². The molecule has 2 rings (SSSR count). The molecule has 23 heavy (non-hydrogen) atoms. The van der Waals surface area contributed by atoms with Gasteiger partial charge in [-0.15, -0.1) is 0 Å². The van der Waals surface area contributed by atoms with Crippen LogP contribution in [0.1, 0.15) is 11.1 Å². The van der Waals surface area contributed by atoms with Gasteiger partial charge in [-0.3, -0.25) is 15.0 Å².